The maximum atomic E-state index is 13.8. The highest BCUT2D eigenvalue weighted by atomic mass is 79.9. The summed E-state index contributed by atoms with van der Waals surface area (Å²) in [4.78, 5) is 2.25. The molecule has 1 atom stereocenters. The Morgan fingerprint density at radius 2 is 1.57 bits per heavy atom. The molecule has 120 valence electrons. The Hall–Kier alpha value is -0.410. The van der Waals surface area contributed by atoms with E-state index in [9.17, 15) is 4.39 Å². The summed E-state index contributed by atoms with van der Waals surface area (Å²) < 4.78 is 13.8. The molecule has 1 aromatic carbocycles. The van der Waals surface area contributed by atoms with E-state index in [1.807, 2.05) is 12.1 Å². The average Bonchev–Trinajstić information content (AvgIpc) is 2.49. The van der Waals surface area contributed by atoms with Gasteiger partial charge >= 0.3 is 0 Å². The van der Waals surface area contributed by atoms with Crippen molar-refractivity contribution < 1.29 is 4.39 Å². The Morgan fingerprint density at radius 1 is 1.00 bits per heavy atom. The van der Waals surface area contributed by atoms with Crippen molar-refractivity contribution in [3.8, 4) is 0 Å². The molecular weight excluding hydrogens is 329 g/mol. The molecule has 0 aliphatic carbocycles. The summed E-state index contributed by atoms with van der Waals surface area (Å²) in [6, 6.07) is 7.24. The van der Waals surface area contributed by atoms with Gasteiger partial charge in [-0.3, -0.25) is 4.90 Å². The fourth-order valence-electron chi connectivity index (χ4n) is 2.58. The molecular formula is C18H29BrFN. The topological polar surface area (TPSA) is 3.24 Å². The number of hydrogen-bond donors (Lipinski definition) is 0. The third-order valence-electron chi connectivity index (χ3n) is 4.16. The molecule has 0 aromatic heterocycles. The summed E-state index contributed by atoms with van der Waals surface area (Å²) in [6.07, 6.45) is 9.14. The lowest BCUT2D eigenvalue weighted by atomic mass is 10.1. The maximum absolute atomic E-state index is 13.8. The molecule has 0 amide bonds. The number of hydrogen-bond acceptors (Lipinski definition) is 1. The van der Waals surface area contributed by atoms with Crippen molar-refractivity contribution in [3.05, 3.63) is 35.6 Å². The summed E-state index contributed by atoms with van der Waals surface area (Å²) >= 11 is 3.46. The van der Waals surface area contributed by atoms with Crippen LogP contribution in [-0.2, 0) is 0 Å². The van der Waals surface area contributed by atoms with Crippen molar-refractivity contribution in [2.24, 2.45) is 0 Å². The molecule has 0 spiro atoms. The highest BCUT2D eigenvalue weighted by Gasteiger charge is 2.14. The molecule has 0 N–H and O–H groups in total. The van der Waals surface area contributed by atoms with Gasteiger partial charge in [-0.05, 0) is 39.4 Å². The molecule has 1 nitrogen and oxygen atoms in total. The predicted octanol–water partition coefficient (Wildman–Crippen LogP) is 5.94. The second kappa shape index (κ2) is 11.2. The largest absolute Gasteiger partial charge is 0.300 e. The molecule has 3 heteroatoms. The van der Waals surface area contributed by atoms with Crippen LogP contribution < -0.4 is 0 Å². The normalized spacial score (nSPS) is 12.8. The summed E-state index contributed by atoms with van der Waals surface area (Å²) in [6.45, 7) is 3.12. The summed E-state index contributed by atoms with van der Waals surface area (Å²) in [5.41, 5.74) is 0.801. The fourth-order valence-corrected chi connectivity index (χ4v) is 2.98. The Kier molecular flexibility index (Phi) is 9.94. The molecule has 21 heavy (non-hydrogen) atoms. The molecule has 0 saturated heterocycles. The van der Waals surface area contributed by atoms with Crippen LogP contribution in [0.5, 0.6) is 0 Å². The van der Waals surface area contributed by atoms with Crippen LogP contribution in [0.4, 0.5) is 4.39 Å². The van der Waals surface area contributed by atoms with Crippen LogP contribution in [0.1, 0.15) is 63.5 Å². The predicted molar refractivity (Wildman–Crippen MR) is 93.6 cm³/mol. The van der Waals surface area contributed by atoms with Crippen molar-refractivity contribution in [1.82, 2.24) is 4.90 Å². The van der Waals surface area contributed by atoms with Gasteiger partial charge in [0.2, 0.25) is 0 Å². The Morgan fingerprint density at radius 3 is 2.19 bits per heavy atom. The quantitative estimate of drug-likeness (QED) is 0.349. The first-order valence-electron chi connectivity index (χ1n) is 8.17. The van der Waals surface area contributed by atoms with Gasteiger partial charge in [-0.2, -0.15) is 0 Å². The van der Waals surface area contributed by atoms with E-state index in [2.05, 4.69) is 34.8 Å². The minimum atomic E-state index is -0.0939. The second-order valence-corrected chi connectivity index (χ2v) is 6.63. The molecule has 1 rings (SSSR count). The average molecular weight is 358 g/mol. The van der Waals surface area contributed by atoms with E-state index in [1.54, 1.807) is 12.1 Å². The second-order valence-electron chi connectivity index (χ2n) is 5.84. The van der Waals surface area contributed by atoms with Crippen LogP contribution in [0.15, 0.2) is 24.3 Å². The number of unbranched alkanes of at least 4 members (excludes halogenated alkanes) is 6. The van der Waals surface area contributed by atoms with Crippen molar-refractivity contribution in [2.45, 2.75) is 57.9 Å². The van der Waals surface area contributed by atoms with Gasteiger partial charge in [-0.25, -0.2) is 4.39 Å². The van der Waals surface area contributed by atoms with Gasteiger partial charge in [-0.15, -0.1) is 0 Å². The van der Waals surface area contributed by atoms with E-state index in [0.29, 0.717) is 0 Å². The first-order valence-corrected chi connectivity index (χ1v) is 9.29. The molecule has 1 aromatic rings. The number of halogens is 2. The molecule has 0 bridgehead atoms. The molecule has 0 heterocycles. The first-order chi connectivity index (χ1) is 10.2. The SMILES string of the molecule is CC(c1ccccc1F)N(C)CCCCCCCCCBr. The minimum absolute atomic E-state index is 0.0939. The summed E-state index contributed by atoms with van der Waals surface area (Å²) in [5, 5.41) is 1.13. The lowest BCUT2D eigenvalue weighted by Crippen LogP contribution is -2.24. The van der Waals surface area contributed by atoms with E-state index in [4.69, 9.17) is 0 Å². The Bertz CT molecular complexity index is 383. The van der Waals surface area contributed by atoms with Gasteiger partial charge in [-0.1, -0.05) is 66.2 Å². The van der Waals surface area contributed by atoms with Crippen LogP contribution in [0.25, 0.3) is 0 Å². The highest BCUT2D eigenvalue weighted by Crippen LogP contribution is 2.22. The van der Waals surface area contributed by atoms with E-state index in [1.165, 1.54) is 44.9 Å². The van der Waals surface area contributed by atoms with Gasteiger partial charge in [0.15, 0.2) is 0 Å². The van der Waals surface area contributed by atoms with Gasteiger partial charge in [0.25, 0.3) is 0 Å². The van der Waals surface area contributed by atoms with Crippen LogP contribution in [0.2, 0.25) is 0 Å². The Balaban J connectivity index is 2.16. The summed E-state index contributed by atoms with van der Waals surface area (Å²) in [5.74, 6) is -0.0939. The van der Waals surface area contributed by atoms with Crippen molar-refractivity contribution >= 4 is 15.9 Å². The molecule has 0 radical (unpaired) electrons. The number of rotatable bonds is 11. The maximum Gasteiger partial charge on any atom is 0.127 e. The van der Waals surface area contributed by atoms with Crippen LogP contribution >= 0.6 is 15.9 Å². The highest BCUT2D eigenvalue weighted by molar-refractivity contribution is 9.09. The van der Waals surface area contributed by atoms with Gasteiger partial charge < -0.3 is 0 Å². The number of benzene rings is 1. The first kappa shape index (κ1) is 18.6. The zero-order chi connectivity index (χ0) is 15.5. The fraction of sp³-hybridized carbons (Fsp3) is 0.667. The zero-order valence-electron chi connectivity index (χ0n) is 13.5. The summed E-state index contributed by atoms with van der Waals surface area (Å²) in [7, 11) is 2.09. The zero-order valence-corrected chi connectivity index (χ0v) is 15.0. The van der Waals surface area contributed by atoms with Crippen LogP contribution in [0, 0.1) is 5.82 Å². The lowest BCUT2D eigenvalue weighted by molar-refractivity contribution is 0.250. The monoisotopic (exact) mass is 357 g/mol. The molecule has 1 unspecified atom stereocenters. The van der Waals surface area contributed by atoms with Gasteiger partial charge in [0.1, 0.15) is 5.82 Å². The van der Waals surface area contributed by atoms with Crippen molar-refractivity contribution in [2.75, 3.05) is 18.9 Å². The van der Waals surface area contributed by atoms with E-state index >= 15 is 0 Å². The standard InChI is InChI=1S/C18H29BrFN/c1-16(17-12-8-9-13-18(17)20)21(2)15-11-7-5-3-4-6-10-14-19/h8-9,12-13,16H,3-7,10-11,14-15H2,1-2H3. The lowest BCUT2D eigenvalue weighted by Gasteiger charge is -2.25. The van der Waals surface area contributed by atoms with Crippen molar-refractivity contribution in [3.63, 3.8) is 0 Å². The van der Waals surface area contributed by atoms with Crippen molar-refractivity contribution in [1.29, 1.82) is 0 Å². The van der Waals surface area contributed by atoms with E-state index in [-0.39, 0.29) is 11.9 Å². The number of alkyl halides is 1. The van der Waals surface area contributed by atoms with E-state index < -0.39 is 0 Å². The van der Waals surface area contributed by atoms with E-state index in [0.717, 1.165) is 17.4 Å². The molecule has 0 aliphatic rings. The Labute approximate surface area is 138 Å². The van der Waals surface area contributed by atoms with Gasteiger partial charge in [0.05, 0.1) is 0 Å². The third-order valence-corrected chi connectivity index (χ3v) is 4.72. The number of nitrogens with zero attached hydrogens (tertiary/aromatic N) is 1. The molecule has 0 aliphatic heterocycles. The third kappa shape index (κ3) is 7.42. The molecule has 0 saturated carbocycles. The van der Waals surface area contributed by atoms with Crippen LogP contribution in [-0.4, -0.2) is 23.8 Å². The van der Waals surface area contributed by atoms with Gasteiger partial charge in [0, 0.05) is 16.9 Å². The van der Waals surface area contributed by atoms with Crippen LogP contribution in [0.3, 0.4) is 0 Å². The molecule has 0 fully saturated rings. The smallest absolute Gasteiger partial charge is 0.127 e. The minimum Gasteiger partial charge on any atom is -0.300 e.